The Balaban J connectivity index is 2.04. The van der Waals surface area contributed by atoms with Crippen LogP contribution in [0.4, 0.5) is 10.1 Å². The molecule has 0 spiro atoms. The lowest BCUT2D eigenvalue weighted by Gasteiger charge is -2.07. The van der Waals surface area contributed by atoms with Crippen LogP contribution >= 0.6 is 11.6 Å². The molecule has 0 unspecified atom stereocenters. The molecule has 2 aromatic rings. The number of rotatable bonds is 3. The normalized spacial score (nSPS) is 10.2. The van der Waals surface area contributed by atoms with Gasteiger partial charge in [0.2, 0.25) is 0 Å². The summed E-state index contributed by atoms with van der Waals surface area (Å²) >= 11 is 5.66. The summed E-state index contributed by atoms with van der Waals surface area (Å²) in [6.07, 6.45) is 0. The number of hydrogen-bond acceptors (Lipinski definition) is 2. The van der Waals surface area contributed by atoms with Crippen LogP contribution in [0.25, 0.3) is 0 Å². The summed E-state index contributed by atoms with van der Waals surface area (Å²) in [6, 6.07) is 11.4. The van der Waals surface area contributed by atoms with Gasteiger partial charge in [-0.05, 0) is 36.4 Å². The Morgan fingerprint density at radius 2 is 1.82 bits per heavy atom. The third-order valence-corrected chi connectivity index (χ3v) is 2.52. The first kappa shape index (κ1) is 11.7. The Kier molecular flexibility index (Phi) is 3.49. The summed E-state index contributed by atoms with van der Waals surface area (Å²) in [6.45, 7) is 0.160. The molecule has 0 aliphatic carbocycles. The van der Waals surface area contributed by atoms with Crippen molar-refractivity contribution in [1.29, 1.82) is 0 Å². The number of ether oxygens (including phenoxy) is 1. The summed E-state index contributed by atoms with van der Waals surface area (Å²) in [7, 11) is 0. The Morgan fingerprint density at radius 1 is 1.12 bits per heavy atom. The van der Waals surface area contributed by atoms with Crippen molar-refractivity contribution < 1.29 is 9.13 Å². The molecule has 0 heterocycles. The highest BCUT2D eigenvalue weighted by Gasteiger charge is 2.03. The molecule has 2 N–H and O–H groups in total. The van der Waals surface area contributed by atoms with E-state index in [0.29, 0.717) is 22.0 Å². The maximum Gasteiger partial charge on any atom is 0.131 e. The SMILES string of the molecule is Nc1ccc(OCc2ccc(Cl)cc2F)cc1. The van der Waals surface area contributed by atoms with E-state index in [-0.39, 0.29) is 12.4 Å². The Labute approximate surface area is 104 Å². The van der Waals surface area contributed by atoms with Gasteiger partial charge >= 0.3 is 0 Å². The van der Waals surface area contributed by atoms with E-state index in [0.717, 1.165) is 0 Å². The molecule has 0 fully saturated rings. The molecule has 0 atom stereocenters. The van der Waals surface area contributed by atoms with Crippen LogP contribution in [-0.4, -0.2) is 0 Å². The number of halogens is 2. The van der Waals surface area contributed by atoms with E-state index in [1.54, 1.807) is 36.4 Å². The van der Waals surface area contributed by atoms with Gasteiger partial charge in [-0.15, -0.1) is 0 Å². The van der Waals surface area contributed by atoms with Crippen LogP contribution < -0.4 is 10.5 Å². The van der Waals surface area contributed by atoms with Crippen LogP contribution in [0.1, 0.15) is 5.56 Å². The first-order valence-electron chi connectivity index (χ1n) is 5.07. The average Bonchev–Trinajstić information content (AvgIpc) is 2.30. The third kappa shape index (κ3) is 3.11. The summed E-state index contributed by atoms with van der Waals surface area (Å²) in [5.74, 6) is 0.279. The topological polar surface area (TPSA) is 35.2 Å². The monoisotopic (exact) mass is 251 g/mol. The highest BCUT2D eigenvalue weighted by atomic mass is 35.5. The van der Waals surface area contributed by atoms with Crippen molar-refractivity contribution in [2.45, 2.75) is 6.61 Å². The van der Waals surface area contributed by atoms with Crippen molar-refractivity contribution in [3.63, 3.8) is 0 Å². The largest absolute Gasteiger partial charge is 0.489 e. The fourth-order valence-corrected chi connectivity index (χ4v) is 1.52. The second-order valence-electron chi connectivity index (χ2n) is 3.59. The average molecular weight is 252 g/mol. The van der Waals surface area contributed by atoms with Crippen molar-refractivity contribution in [2.24, 2.45) is 0 Å². The van der Waals surface area contributed by atoms with E-state index in [4.69, 9.17) is 22.1 Å². The van der Waals surface area contributed by atoms with Crippen molar-refractivity contribution in [3.05, 3.63) is 58.9 Å². The quantitative estimate of drug-likeness (QED) is 0.846. The zero-order chi connectivity index (χ0) is 12.3. The first-order chi connectivity index (χ1) is 8.15. The van der Waals surface area contributed by atoms with Crippen LogP contribution in [-0.2, 0) is 6.61 Å². The molecule has 2 nitrogen and oxygen atoms in total. The van der Waals surface area contributed by atoms with E-state index in [2.05, 4.69) is 0 Å². The summed E-state index contributed by atoms with van der Waals surface area (Å²) in [5.41, 5.74) is 6.67. The number of anilines is 1. The van der Waals surface area contributed by atoms with Crippen molar-refractivity contribution >= 4 is 17.3 Å². The van der Waals surface area contributed by atoms with Crippen molar-refractivity contribution in [2.75, 3.05) is 5.73 Å². The number of nitrogen functional groups attached to an aromatic ring is 1. The molecule has 0 saturated heterocycles. The molecule has 17 heavy (non-hydrogen) atoms. The Hall–Kier alpha value is -1.74. The smallest absolute Gasteiger partial charge is 0.131 e. The molecule has 0 saturated carbocycles. The number of benzene rings is 2. The maximum atomic E-state index is 13.4. The van der Waals surface area contributed by atoms with Gasteiger partial charge in [-0.1, -0.05) is 17.7 Å². The molecule has 0 amide bonds. The van der Waals surface area contributed by atoms with E-state index in [9.17, 15) is 4.39 Å². The minimum absolute atomic E-state index is 0.160. The van der Waals surface area contributed by atoms with Crippen LogP contribution in [0, 0.1) is 5.82 Å². The van der Waals surface area contributed by atoms with E-state index < -0.39 is 0 Å². The lowest BCUT2D eigenvalue weighted by molar-refractivity contribution is 0.300. The van der Waals surface area contributed by atoms with E-state index in [1.807, 2.05) is 0 Å². The second kappa shape index (κ2) is 5.06. The Bertz CT molecular complexity index is 513. The van der Waals surface area contributed by atoms with E-state index >= 15 is 0 Å². The fraction of sp³-hybridized carbons (Fsp3) is 0.0769. The van der Waals surface area contributed by atoms with Gasteiger partial charge in [0.25, 0.3) is 0 Å². The lowest BCUT2D eigenvalue weighted by Crippen LogP contribution is -1.98. The summed E-state index contributed by atoms with van der Waals surface area (Å²) < 4.78 is 18.9. The van der Waals surface area contributed by atoms with Crippen LogP contribution in [0.3, 0.4) is 0 Å². The molecule has 0 radical (unpaired) electrons. The molecule has 0 bridgehead atoms. The van der Waals surface area contributed by atoms with Crippen LogP contribution in [0.5, 0.6) is 5.75 Å². The fourth-order valence-electron chi connectivity index (χ4n) is 1.36. The van der Waals surface area contributed by atoms with Gasteiger partial charge in [-0.25, -0.2) is 4.39 Å². The Morgan fingerprint density at radius 3 is 2.47 bits per heavy atom. The zero-order valence-corrected chi connectivity index (χ0v) is 9.75. The first-order valence-corrected chi connectivity index (χ1v) is 5.45. The summed E-state index contributed by atoms with van der Waals surface area (Å²) in [5, 5.41) is 0.374. The van der Waals surface area contributed by atoms with E-state index in [1.165, 1.54) is 6.07 Å². The molecule has 0 aliphatic rings. The molecule has 4 heteroatoms. The zero-order valence-electron chi connectivity index (χ0n) is 8.99. The third-order valence-electron chi connectivity index (χ3n) is 2.29. The minimum Gasteiger partial charge on any atom is -0.489 e. The standard InChI is InChI=1S/C13H11ClFNO/c14-10-2-1-9(13(15)7-10)8-17-12-5-3-11(16)4-6-12/h1-7H,8,16H2. The van der Waals surface area contributed by atoms with Crippen molar-refractivity contribution in [1.82, 2.24) is 0 Å². The van der Waals surface area contributed by atoms with Gasteiger partial charge in [-0.2, -0.15) is 0 Å². The van der Waals surface area contributed by atoms with Gasteiger partial charge in [0.05, 0.1) is 0 Å². The lowest BCUT2D eigenvalue weighted by atomic mass is 10.2. The highest BCUT2D eigenvalue weighted by Crippen LogP contribution is 2.18. The molecule has 0 aromatic heterocycles. The van der Waals surface area contributed by atoms with Gasteiger partial charge in [0, 0.05) is 16.3 Å². The highest BCUT2D eigenvalue weighted by molar-refractivity contribution is 6.30. The van der Waals surface area contributed by atoms with Gasteiger partial charge in [0.15, 0.2) is 0 Å². The van der Waals surface area contributed by atoms with Gasteiger partial charge in [0.1, 0.15) is 18.2 Å². The predicted octanol–water partition coefficient (Wildman–Crippen LogP) is 3.64. The van der Waals surface area contributed by atoms with Gasteiger partial charge < -0.3 is 10.5 Å². The molecular weight excluding hydrogens is 241 g/mol. The number of nitrogens with two attached hydrogens (primary N) is 1. The number of hydrogen-bond donors (Lipinski definition) is 1. The molecule has 2 rings (SSSR count). The van der Waals surface area contributed by atoms with Gasteiger partial charge in [-0.3, -0.25) is 0 Å². The molecular formula is C13H11ClFNO. The predicted molar refractivity (Wildman–Crippen MR) is 66.6 cm³/mol. The van der Waals surface area contributed by atoms with Crippen LogP contribution in [0.2, 0.25) is 5.02 Å². The van der Waals surface area contributed by atoms with Crippen molar-refractivity contribution in [3.8, 4) is 5.75 Å². The second-order valence-corrected chi connectivity index (χ2v) is 4.03. The molecule has 2 aromatic carbocycles. The molecule has 88 valence electrons. The molecule has 0 aliphatic heterocycles. The van der Waals surface area contributed by atoms with Crippen LogP contribution in [0.15, 0.2) is 42.5 Å². The summed E-state index contributed by atoms with van der Waals surface area (Å²) in [4.78, 5) is 0. The minimum atomic E-state index is -0.368. The maximum absolute atomic E-state index is 13.4.